The lowest BCUT2D eigenvalue weighted by atomic mass is 10.3. The van der Waals surface area contributed by atoms with E-state index in [1.54, 1.807) is 25.3 Å². The van der Waals surface area contributed by atoms with Crippen LogP contribution in [0.5, 0.6) is 0 Å². The summed E-state index contributed by atoms with van der Waals surface area (Å²) in [4.78, 5) is 15.1. The second-order valence-electron chi connectivity index (χ2n) is 3.28. The van der Waals surface area contributed by atoms with Gasteiger partial charge in [0.25, 0.3) is 0 Å². The molecular weight excluding hydrogens is 309 g/mol. The fourth-order valence-corrected chi connectivity index (χ4v) is 2.27. The summed E-state index contributed by atoms with van der Waals surface area (Å²) in [6, 6.07) is 3.36. The van der Waals surface area contributed by atoms with E-state index in [0.29, 0.717) is 16.5 Å². The van der Waals surface area contributed by atoms with Gasteiger partial charge in [-0.05, 0) is 35.0 Å². The number of pyridine rings is 1. The van der Waals surface area contributed by atoms with Crippen molar-refractivity contribution in [2.24, 2.45) is 0 Å². The number of aromatic nitrogens is 3. The smallest absolute Gasteiger partial charge is 0.340 e. The average molecular weight is 317 g/mol. The molecule has 0 atom stereocenters. The highest BCUT2D eigenvalue weighted by molar-refractivity contribution is 9.10. The quantitative estimate of drug-likeness (QED) is 0.925. The van der Waals surface area contributed by atoms with Crippen molar-refractivity contribution in [1.82, 2.24) is 14.8 Å². The first kappa shape index (κ1) is 12.1. The topological polar surface area (TPSA) is 68.0 Å². The lowest BCUT2D eigenvalue weighted by Crippen LogP contribution is -2.04. The van der Waals surface area contributed by atoms with Gasteiger partial charge in [0, 0.05) is 6.20 Å². The maximum absolute atomic E-state index is 11.0. The third-order valence-corrected chi connectivity index (χ3v) is 3.08. The Bertz CT molecular complexity index is 597. The van der Waals surface area contributed by atoms with E-state index in [-0.39, 0.29) is 10.2 Å². The van der Waals surface area contributed by atoms with Crippen molar-refractivity contribution >= 4 is 33.5 Å². The number of hydrogen-bond acceptors (Lipinski definition) is 3. The first-order chi connectivity index (χ1) is 8.02. The Hall–Kier alpha value is -1.40. The van der Waals surface area contributed by atoms with Crippen molar-refractivity contribution in [3.63, 3.8) is 0 Å². The van der Waals surface area contributed by atoms with Crippen molar-refractivity contribution < 1.29 is 9.90 Å². The van der Waals surface area contributed by atoms with E-state index >= 15 is 0 Å². The molecule has 0 fully saturated rings. The molecule has 0 spiro atoms. The minimum Gasteiger partial charge on any atom is -0.478 e. The van der Waals surface area contributed by atoms with E-state index in [1.807, 2.05) is 0 Å². The number of halogens is 2. The van der Waals surface area contributed by atoms with Gasteiger partial charge in [-0.3, -0.25) is 0 Å². The van der Waals surface area contributed by atoms with Gasteiger partial charge in [0.05, 0.1) is 10.7 Å². The van der Waals surface area contributed by atoms with Gasteiger partial charge in [-0.2, -0.15) is 5.10 Å². The Kier molecular flexibility index (Phi) is 3.17. The number of carboxylic acid groups (broad SMARTS) is 1. The zero-order valence-electron chi connectivity index (χ0n) is 8.69. The maximum Gasteiger partial charge on any atom is 0.340 e. The third kappa shape index (κ3) is 2.05. The molecule has 0 aliphatic carbocycles. The summed E-state index contributed by atoms with van der Waals surface area (Å²) in [6.45, 7) is 1.65. The molecule has 88 valence electrons. The normalized spacial score (nSPS) is 10.5. The Labute approximate surface area is 110 Å². The number of carboxylic acids is 1. The standard InChI is InChI=1S/C10H7BrClN3O2/c1-5-7(10(16)17)8(11)14-15(5)9-6(12)3-2-4-13-9/h2-4H,1H3,(H,16,17). The third-order valence-electron chi connectivity index (χ3n) is 2.23. The molecule has 5 nitrogen and oxygen atoms in total. The lowest BCUT2D eigenvalue weighted by molar-refractivity contribution is 0.0695. The zero-order valence-corrected chi connectivity index (χ0v) is 11.0. The van der Waals surface area contributed by atoms with Crippen LogP contribution in [-0.2, 0) is 0 Å². The first-order valence-corrected chi connectivity index (χ1v) is 5.78. The molecule has 2 aromatic heterocycles. The first-order valence-electron chi connectivity index (χ1n) is 4.61. The van der Waals surface area contributed by atoms with E-state index in [4.69, 9.17) is 16.7 Å². The molecule has 0 amide bonds. The van der Waals surface area contributed by atoms with Crippen LogP contribution >= 0.6 is 27.5 Å². The number of rotatable bonds is 2. The van der Waals surface area contributed by atoms with E-state index in [2.05, 4.69) is 26.0 Å². The van der Waals surface area contributed by atoms with Gasteiger partial charge in [0.15, 0.2) is 5.82 Å². The molecule has 2 heterocycles. The van der Waals surface area contributed by atoms with Crippen LogP contribution in [0.3, 0.4) is 0 Å². The fourth-order valence-electron chi connectivity index (χ4n) is 1.45. The van der Waals surface area contributed by atoms with Gasteiger partial charge in [-0.15, -0.1) is 0 Å². The molecule has 17 heavy (non-hydrogen) atoms. The van der Waals surface area contributed by atoms with Gasteiger partial charge in [-0.1, -0.05) is 11.6 Å². The summed E-state index contributed by atoms with van der Waals surface area (Å²) >= 11 is 9.09. The highest BCUT2D eigenvalue weighted by Gasteiger charge is 2.21. The van der Waals surface area contributed by atoms with Crippen molar-refractivity contribution in [3.8, 4) is 5.82 Å². The van der Waals surface area contributed by atoms with Crippen molar-refractivity contribution in [2.75, 3.05) is 0 Å². The molecule has 1 N–H and O–H groups in total. The molecule has 2 rings (SSSR count). The minimum atomic E-state index is -1.05. The molecule has 0 aliphatic heterocycles. The average Bonchev–Trinajstić information content (AvgIpc) is 2.55. The summed E-state index contributed by atoms with van der Waals surface area (Å²) in [7, 11) is 0. The van der Waals surface area contributed by atoms with Crippen LogP contribution in [0.4, 0.5) is 0 Å². The Morgan fingerprint density at radius 2 is 2.29 bits per heavy atom. The molecule has 0 aliphatic rings. The molecule has 0 unspecified atom stereocenters. The Morgan fingerprint density at radius 1 is 1.59 bits per heavy atom. The predicted molar refractivity (Wildman–Crippen MR) is 65.8 cm³/mol. The van der Waals surface area contributed by atoms with Crippen molar-refractivity contribution in [1.29, 1.82) is 0 Å². The summed E-state index contributed by atoms with van der Waals surface area (Å²) < 4.78 is 1.65. The summed E-state index contributed by atoms with van der Waals surface area (Å²) in [5.41, 5.74) is 0.566. The van der Waals surface area contributed by atoms with E-state index < -0.39 is 5.97 Å². The molecular formula is C10H7BrClN3O2. The minimum absolute atomic E-state index is 0.103. The molecule has 0 radical (unpaired) electrons. The molecule has 2 aromatic rings. The summed E-state index contributed by atoms with van der Waals surface area (Å²) in [5, 5.41) is 13.5. The number of nitrogens with zero attached hydrogens (tertiary/aromatic N) is 3. The molecule has 0 bridgehead atoms. The van der Waals surface area contributed by atoms with Crippen molar-refractivity contribution in [3.05, 3.63) is 39.2 Å². The second-order valence-corrected chi connectivity index (χ2v) is 4.44. The van der Waals surface area contributed by atoms with Gasteiger partial charge < -0.3 is 5.11 Å². The molecule has 0 saturated carbocycles. The van der Waals surface area contributed by atoms with Crippen molar-refractivity contribution in [2.45, 2.75) is 6.92 Å². The lowest BCUT2D eigenvalue weighted by Gasteiger charge is -2.04. The van der Waals surface area contributed by atoms with Crippen LogP contribution < -0.4 is 0 Å². The number of carbonyl (C=O) groups is 1. The number of hydrogen-bond donors (Lipinski definition) is 1. The maximum atomic E-state index is 11.0. The van der Waals surface area contributed by atoms with Gasteiger partial charge >= 0.3 is 5.97 Å². The zero-order chi connectivity index (χ0) is 12.6. The second kappa shape index (κ2) is 4.46. The molecule has 7 heteroatoms. The fraction of sp³-hybridized carbons (Fsp3) is 0.100. The number of aromatic carboxylic acids is 1. The SMILES string of the molecule is Cc1c(C(=O)O)c(Br)nn1-c1ncccc1Cl. The Balaban J connectivity index is 2.66. The van der Waals surface area contributed by atoms with Crippen LogP contribution in [0.2, 0.25) is 5.02 Å². The predicted octanol–water partition coefficient (Wildman–Crippen LogP) is 2.69. The monoisotopic (exact) mass is 315 g/mol. The molecule has 0 saturated heterocycles. The van der Waals surface area contributed by atoms with Crippen LogP contribution in [0.25, 0.3) is 5.82 Å². The highest BCUT2D eigenvalue weighted by Crippen LogP contribution is 2.24. The van der Waals surface area contributed by atoms with Crippen LogP contribution in [-0.4, -0.2) is 25.8 Å². The summed E-state index contributed by atoms with van der Waals surface area (Å²) in [6.07, 6.45) is 1.57. The van der Waals surface area contributed by atoms with Crippen LogP contribution in [0.1, 0.15) is 16.1 Å². The Morgan fingerprint density at radius 3 is 2.82 bits per heavy atom. The van der Waals surface area contributed by atoms with E-state index in [9.17, 15) is 4.79 Å². The van der Waals surface area contributed by atoms with Gasteiger partial charge in [0.2, 0.25) is 0 Å². The van der Waals surface area contributed by atoms with Crippen LogP contribution in [0, 0.1) is 6.92 Å². The van der Waals surface area contributed by atoms with Gasteiger partial charge in [0.1, 0.15) is 10.2 Å². The van der Waals surface area contributed by atoms with Crippen LogP contribution in [0.15, 0.2) is 22.9 Å². The van der Waals surface area contributed by atoms with Gasteiger partial charge in [-0.25, -0.2) is 14.5 Å². The largest absolute Gasteiger partial charge is 0.478 e. The van der Waals surface area contributed by atoms with E-state index in [1.165, 1.54) is 4.68 Å². The molecule has 0 aromatic carbocycles. The highest BCUT2D eigenvalue weighted by atomic mass is 79.9. The summed E-state index contributed by atoms with van der Waals surface area (Å²) in [5.74, 6) is -0.646. The van der Waals surface area contributed by atoms with E-state index in [0.717, 1.165) is 0 Å².